The topological polar surface area (TPSA) is 72.2 Å². The van der Waals surface area contributed by atoms with Crippen LogP contribution in [-0.2, 0) is 10.0 Å². The third-order valence-electron chi connectivity index (χ3n) is 4.07. The number of sulfonamides is 1. The maximum absolute atomic E-state index is 13.0. The van der Waals surface area contributed by atoms with Crippen molar-refractivity contribution in [3.8, 4) is 22.8 Å². The number of anilines is 1. The highest BCUT2D eigenvalue weighted by molar-refractivity contribution is 7.92. The van der Waals surface area contributed by atoms with Gasteiger partial charge in [-0.1, -0.05) is 30.3 Å². The summed E-state index contributed by atoms with van der Waals surface area (Å²) < 4.78 is 46.1. The number of oxazole rings is 1. The van der Waals surface area contributed by atoms with Crippen LogP contribution in [0.2, 0.25) is 0 Å². The minimum absolute atomic E-state index is 0.0791. The van der Waals surface area contributed by atoms with Crippen molar-refractivity contribution < 1.29 is 17.2 Å². The van der Waals surface area contributed by atoms with Crippen molar-refractivity contribution in [2.45, 2.75) is 4.90 Å². The van der Waals surface area contributed by atoms with Gasteiger partial charge < -0.3 is 4.42 Å². The summed E-state index contributed by atoms with van der Waals surface area (Å²) in [5, 5.41) is 0. The summed E-state index contributed by atoms with van der Waals surface area (Å²) in [6, 6.07) is 20.8. The first-order chi connectivity index (χ1) is 13.5. The Kier molecular flexibility index (Phi) is 4.67. The van der Waals surface area contributed by atoms with Gasteiger partial charge in [0, 0.05) is 16.8 Å². The van der Waals surface area contributed by atoms with Gasteiger partial charge in [0.1, 0.15) is 5.82 Å². The molecule has 7 heteroatoms. The van der Waals surface area contributed by atoms with Crippen molar-refractivity contribution in [1.82, 2.24) is 4.98 Å². The van der Waals surface area contributed by atoms with E-state index in [1.807, 2.05) is 30.3 Å². The van der Waals surface area contributed by atoms with Crippen LogP contribution in [0.25, 0.3) is 22.8 Å². The molecule has 0 radical (unpaired) electrons. The van der Waals surface area contributed by atoms with Crippen LogP contribution in [-0.4, -0.2) is 13.4 Å². The van der Waals surface area contributed by atoms with Gasteiger partial charge in [-0.05, 0) is 48.5 Å². The lowest BCUT2D eigenvalue weighted by molar-refractivity contribution is 0.588. The predicted octanol–water partition coefficient (Wildman–Crippen LogP) is 4.95. The molecule has 0 bridgehead atoms. The molecular formula is C21H15FN2O3S. The first-order valence-corrected chi connectivity index (χ1v) is 9.90. The van der Waals surface area contributed by atoms with Gasteiger partial charge >= 0.3 is 0 Å². The van der Waals surface area contributed by atoms with Gasteiger partial charge in [0.05, 0.1) is 11.1 Å². The second-order valence-corrected chi connectivity index (χ2v) is 7.71. The lowest BCUT2D eigenvalue weighted by Gasteiger charge is -2.08. The third-order valence-corrected chi connectivity index (χ3v) is 5.47. The van der Waals surface area contributed by atoms with E-state index >= 15 is 0 Å². The Hall–Kier alpha value is -3.45. The van der Waals surface area contributed by atoms with E-state index in [9.17, 15) is 12.8 Å². The Labute approximate surface area is 161 Å². The molecule has 0 saturated carbocycles. The molecule has 4 rings (SSSR count). The number of halogens is 1. The second kappa shape index (κ2) is 7.28. The van der Waals surface area contributed by atoms with Gasteiger partial charge in [0.2, 0.25) is 5.89 Å². The standard InChI is InChI=1S/C21H15FN2O3S/c22-17-8-10-18(11-9-17)24-28(25,26)19-12-6-16(7-13-19)21-23-14-20(27-21)15-4-2-1-3-5-15/h1-14,24H. The van der Waals surface area contributed by atoms with Crippen LogP contribution in [0, 0.1) is 5.82 Å². The molecule has 0 atom stereocenters. The monoisotopic (exact) mass is 394 g/mol. The van der Waals surface area contributed by atoms with Gasteiger partial charge in [-0.25, -0.2) is 17.8 Å². The number of aromatic nitrogens is 1. The average molecular weight is 394 g/mol. The molecule has 1 heterocycles. The molecular weight excluding hydrogens is 379 g/mol. The minimum atomic E-state index is -3.79. The molecule has 140 valence electrons. The van der Waals surface area contributed by atoms with E-state index in [0.717, 1.165) is 5.56 Å². The molecule has 28 heavy (non-hydrogen) atoms. The molecule has 0 unspecified atom stereocenters. The fourth-order valence-corrected chi connectivity index (χ4v) is 3.71. The lowest BCUT2D eigenvalue weighted by atomic mass is 10.2. The van der Waals surface area contributed by atoms with Gasteiger partial charge in [0.25, 0.3) is 10.0 Å². The summed E-state index contributed by atoms with van der Waals surface area (Å²) in [5.41, 5.74) is 1.84. The summed E-state index contributed by atoms with van der Waals surface area (Å²) in [6.07, 6.45) is 1.63. The zero-order chi connectivity index (χ0) is 19.6. The molecule has 0 aliphatic rings. The van der Waals surface area contributed by atoms with E-state index in [1.165, 1.54) is 36.4 Å². The van der Waals surface area contributed by atoms with Crippen molar-refractivity contribution >= 4 is 15.7 Å². The molecule has 5 nitrogen and oxygen atoms in total. The highest BCUT2D eigenvalue weighted by Gasteiger charge is 2.15. The number of nitrogens with zero attached hydrogens (tertiary/aromatic N) is 1. The quantitative estimate of drug-likeness (QED) is 0.520. The van der Waals surface area contributed by atoms with Crippen LogP contribution >= 0.6 is 0 Å². The SMILES string of the molecule is O=S(=O)(Nc1ccc(F)cc1)c1ccc(-c2ncc(-c3ccccc3)o2)cc1. The first kappa shape index (κ1) is 17.9. The highest BCUT2D eigenvalue weighted by atomic mass is 32.2. The van der Waals surface area contributed by atoms with Crippen molar-refractivity contribution in [2.75, 3.05) is 4.72 Å². The molecule has 0 aliphatic heterocycles. The van der Waals surface area contributed by atoms with Crippen LogP contribution < -0.4 is 4.72 Å². The molecule has 3 aromatic carbocycles. The molecule has 0 aliphatic carbocycles. The molecule has 0 amide bonds. The minimum Gasteiger partial charge on any atom is -0.436 e. The fourth-order valence-electron chi connectivity index (χ4n) is 2.65. The van der Waals surface area contributed by atoms with E-state index in [1.54, 1.807) is 18.3 Å². The Balaban J connectivity index is 1.55. The van der Waals surface area contributed by atoms with Crippen LogP contribution in [0.4, 0.5) is 10.1 Å². The molecule has 0 saturated heterocycles. The van der Waals surface area contributed by atoms with Gasteiger partial charge in [-0.15, -0.1) is 0 Å². The van der Waals surface area contributed by atoms with Crippen LogP contribution in [0.3, 0.4) is 0 Å². The first-order valence-electron chi connectivity index (χ1n) is 8.41. The Morgan fingerprint density at radius 2 is 1.50 bits per heavy atom. The maximum atomic E-state index is 13.0. The summed E-state index contributed by atoms with van der Waals surface area (Å²) in [6.45, 7) is 0. The number of hydrogen-bond donors (Lipinski definition) is 1. The summed E-state index contributed by atoms with van der Waals surface area (Å²) in [4.78, 5) is 4.34. The van der Waals surface area contributed by atoms with E-state index in [0.29, 0.717) is 17.2 Å². The van der Waals surface area contributed by atoms with Crippen LogP contribution in [0.5, 0.6) is 0 Å². The lowest BCUT2D eigenvalue weighted by Crippen LogP contribution is -2.12. The zero-order valence-corrected chi connectivity index (χ0v) is 15.4. The Morgan fingerprint density at radius 1 is 0.821 bits per heavy atom. The summed E-state index contributed by atoms with van der Waals surface area (Å²) in [7, 11) is -3.79. The smallest absolute Gasteiger partial charge is 0.261 e. The van der Waals surface area contributed by atoms with Crippen molar-refractivity contribution in [3.05, 3.63) is 90.9 Å². The number of hydrogen-bond acceptors (Lipinski definition) is 4. The molecule has 0 spiro atoms. The van der Waals surface area contributed by atoms with Crippen LogP contribution in [0.1, 0.15) is 0 Å². The molecule has 0 fully saturated rings. The predicted molar refractivity (Wildman–Crippen MR) is 105 cm³/mol. The van der Waals surface area contributed by atoms with Gasteiger partial charge in [0.15, 0.2) is 5.76 Å². The van der Waals surface area contributed by atoms with Crippen LogP contribution in [0.15, 0.2) is 94.4 Å². The highest BCUT2D eigenvalue weighted by Crippen LogP contribution is 2.27. The summed E-state index contributed by atoms with van der Waals surface area (Å²) >= 11 is 0. The van der Waals surface area contributed by atoms with Gasteiger partial charge in [-0.2, -0.15) is 0 Å². The Morgan fingerprint density at radius 3 is 2.18 bits per heavy atom. The zero-order valence-electron chi connectivity index (χ0n) is 14.5. The summed E-state index contributed by atoms with van der Waals surface area (Å²) in [5.74, 6) is 0.590. The number of rotatable bonds is 5. The van der Waals surface area contributed by atoms with Crippen molar-refractivity contribution in [1.29, 1.82) is 0 Å². The van der Waals surface area contributed by atoms with E-state index in [-0.39, 0.29) is 10.6 Å². The fraction of sp³-hybridized carbons (Fsp3) is 0. The van der Waals surface area contributed by atoms with E-state index in [2.05, 4.69) is 9.71 Å². The average Bonchev–Trinajstić information content (AvgIpc) is 3.21. The maximum Gasteiger partial charge on any atom is 0.261 e. The molecule has 1 aromatic heterocycles. The largest absolute Gasteiger partial charge is 0.436 e. The van der Waals surface area contributed by atoms with Gasteiger partial charge in [-0.3, -0.25) is 4.72 Å². The second-order valence-electron chi connectivity index (χ2n) is 6.03. The van der Waals surface area contributed by atoms with Crippen molar-refractivity contribution in [2.24, 2.45) is 0 Å². The Bertz CT molecular complexity index is 1190. The third kappa shape index (κ3) is 3.79. The van der Waals surface area contributed by atoms with E-state index in [4.69, 9.17) is 4.42 Å². The number of benzene rings is 3. The van der Waals surface area contributed by atoms with E-state index < -0.39 is 15.8 Å². The molecule has 1 N–H and O–H groups in total. The van der Waals surface area contributed by atoms with Crippen molar-refractivity contribution in [3.63, 3.8) is 0 Å². The number of nitrogens with one attached hydrogen (secondary N) is 1. The normalized spacial score (nSPS) is 11.3. The molecule has 4 aromatic rings.